The van der Waals surface area contributed by atoms with Gasteiger partial charge in [0.05, 0.1) is 12.0 Å². The molecule has 2 aromatic carbocycles. The van der Waals surface area contributed by atoms with E-state index in [1.54, 1.807) is 44.5 Å². The first-order chi connectivity index (χ1) is 12.8. The molecule has 3 rings (SSSR count). The number of nitrogens with one attached hydrogen (secondary N) is 1. The minimum Gasteiger partial charge on any atom is -0.494 e. The van der Waals surface area contributed by atoms with Gasteiger partial charge in [-0.3, -0.25) is 4.79 Å². The van der Waals surface area contributed by atoms with Crippen molar-refractivity contribution in [1.82, 2.24) is 14.5 Å². The van der Waals surface area contributed by atoms with E-state index in [1.807, 2.05) is 19.1 Å². The minimum absolute atomic E-state index is 0.0179. The van der Waals surface area contributed by atoms with Crippen molar-refractivity contribution in [2.75, 3.05) is 7.11 Å². The van der Waals surface area contributed by atoms with Crippen molar-refractivity contribution in [3.63, 3.8) is 0 Å². The van der Waals surface area contributed by atoms with Crippen LogP contribution in [0.25, 0.3) is 5.69 Å². The Bertz CT molecular complexity index is 1100. The maximum atomic E-state index is 12.5. The molecule has 0 atom stereocenters. The highest BCUT2D eigenvalue weighted by atomic mass is 32.2. The number of methoxy groups -OCH3 is 1. The fourth-order valence-corrected chi connectivity index (χ4v) is 3.85. The van der Waals surface area contributed by atoms with Crippen molar-refractivity contribution in [1.29, 1.82) is 0 Å². The van der Waals surface area contributed by atoms with Crippen molar-refractivity contribution in [2.24, 2.45) is 0 Å². The van der Waals surface area contributed by atoms with Gasteiger partial charge in [0.15, 0.2) is 5.69 Å². The second-order valence-corrected chi connectivity index (χ2v) is 7.67. The Kier molecular flexibility index (Phi) is 5.00. The van der Waals surface area contributed by atoms with Gasteiger partial charge in [-0.1, -0.05) is 24.3 Å². The normalized spacial score (nSPS) is 11.2. The van der Waals surface area contributed by atoms with E-state index in [2.05, 4.69) is 9.82 Å². The Hall–Kier alpha value is -3.13. The lowest BCUT2D eigenvalue weighted by Gasteiger charge is -2.09. The van der Waals surface area contributed by atoms with E-state index in [0.717, 1.165) is 5.56 Å². The number of amides is 1. The molecule has 0 aliphatic rings. The summed E-state index contributed by atoms with van der Waals surface area (Å²) >= 11 is 0. The first-order valence-electron chi connectivity index (χ1n) is 8.15. The SMILES string of the molecule is COc1ccc(C)cc1-n1ccc(C(=O)NS(=O)(=O)c2ccccc2C)n1. The number of aromatic nitrogens is 2. The van der Waals surface area contributed by atoms with Crippen LogP contribution < -0.4 is 9.46 Å². The topological polar surface area (TPSA) is 90.3 Å². The summed E-state index contributed by atoms with van der Waals surface area (Å²) in [5.74, 6) is -0.216. The summed E-state index contributed by atoms with van der Waals surface area (Å²) in [6, 6.07) is 13.4. The largest absolute Gasteiger partial charge is 0.494 e. The maximum Gasteiger partial charge on any atom is 0.285 e. The lowest BCUT2D eigenvalue weighted by molar-refractivity contribution is 0.0976. The summed E-state index contributed by atoms with van der Waals surface area (Å²) in [5, 5.41) is 4.19. The third-order valence-electron chi connectivity index (χ3n) is 4.01. The summed E-state index contributed by atoms with van der Waals surface area (Å²) in [6.07, 6.45) is 1.58. The lowest BCUT2D eigenvalue weighted by atomic mass is 10.2. The van der Waals surface area contributed by atoms with Gasteiger partial charge in [-0.15, -0.1) is 0 Å². The van der Waals surface area contributed by atoms with Crippen LogP contribution in [0.1, 0.15) is 21.6 Å². The predicted octanol–water partition coefficient (Wildman–Crippen LogP) is 2.62. The van der Waals surface area contributed by atoms with Gasteiger partial charge in [-0.2, -0.15) is 5.10 Å². The Morgan fingerprint density at radius 2 is 1.85 bits per heavy atom. The highest BCUT2D eigenvalue weighted by Crippen LogP contribution is 2.23. The Morgan fingerprint density at radius 1 is 1.11 bits per heavy atom. The quantitative estimate of drug-likeness (QED) is 0.729. The molecule has 0 radical (unpaired) electrons. The van der Waals surface area contributed by atoms with Gasteiger partial charge in [0, 0.05) is 6.20 Å². The second-order valence-electron chi connectivity index (χ2n) is 6.02. The van der Waals surface area contributed by atoms with E-state index < -0.39 is 15.9 Å². The van der Waals surface area contributed by atoms with Gasteiger partial charge in [-0.25, -0.2) is 17.8 Å². The molecule has 1 heterocycles. The number of carbonyl (C=O) groups excluding carboxylic acids is 1. The molecule has 1 N–H and O–H groups in total. The molecule has 0 unspecified atom stereocenters. The number of ether oxygens (including phenoxy) is 1. The first-order valence-corrected chi connectivity index (χ1v) is 9.63. The molecular formula is C19H19N3O4S. The summed E-state index contributed by atoms with van der Waals surface area (Å²) in [5.41, 5.74) is 2.18. The van der Waals surface area contributed by atoms with Crippen LogP contribution in [0.3, 0.4) is 0 Å². The van der Waals surface area contributed by atoms with Crippen LogP contribution in [-0.2, 0) is 10.0 Å². The molecule has 27 heavy (non-hydrogen) atoms. The van der Waals surface area contributed by atoms with Gasteiger partial charge < -0.3 is 4.74 Å². The molecule has 0 spiro atoms. The molecule has 7 nitrogen and oxygen atoms in total. The number of rotatable bonds is 5. The van der Waals surface area contributed by atoms with Gasteiger partial charge in [-0.05, 0) is 49.2 Å². The van der Waals surface area contributed by atoms with E-state index in [9.17, 15) is 13.2 Å². The maximum absolute atomic E-state index is 12.5. The first kappa shape index (κ1) is 18.7. The van der Waals surface area contributed by atoms with Crippen molar-refractivity contribution in [3.05, 3.63) is 71.5 Å². The molecule has 0 aliphatic carbocycles. The van der Waals surface area contributed by atoms with Crippen LogP contribution in [0.2, 0.25) is 0 Å². The molecule has 0 bridgehead atoms. The van der Waals surface area contributed by atoms with Crippen LogP contribution in [0, 0.1) is 13.8 Å². The third kappa shape index (κ3) is 3.85. The average Bonchev–Trinajstić information content (AvgIpc) is 3.11. The molecule has 3 aromatic rings. The van der Waals surface area contributed by atoms with Crippen LogP contribution in [0.5, 0.6) is 5.75 Å². The highest BCUT2D eigenvalue weighted by molar-refractivity contribution is 7.90. The minimum atomic E-state index is -3.99. The molecular weight excluding hydrogens is 366 g/mol. The Labute approximate surface area is 157 Å². The van der Waals surface area contributed by atoms with Gasteiger partial charge in [0.25, 0.3) is 15.9 Å². The van der Waals surface area contributed by atoms with Crippen molar-refractivity contribution >= 4 is 15.9 Å². The van der Waals surface area contributed by atoms with Gasteiger partial charge in [0.1, 0.15) is 11.4 Å². The second kappa shape index (κ2) is 7.24. The number of hydrogen-bond acceptors (Lipinski definition) is 5. The van der Waals surface area contributed by atoms with Crippen LogP contribution in [0.4, 0.5) is 0 Å². The lowest BCUT2D eigenvalue weighted by Crippen LogP contribution is -2.31. The van der Waals surface area contributed by atoms with Crippen LogP contribution >= 0.6 is 0 Å². The summed E-state index contributed by atoms with van der Waals surface area (Å²) in [4.78, 5) is 12.5. The Morgan fingerprint density at radius 3 is 2.56 bits per heavy atom. The number of carbonyl (C=O) groups is 1. The average molecular weight is 385 g/mol. The monoisotopic (exact) mass is 385 g/mol. The van der Waals surface area contributed by atoms with Gasteiger partial charge >= 0.3 is 0 Å². The zero-order valence-corrected chi connectivity index (χ0v) is 15.9. The molecule has 0 saturated carbocycles. The van der Waals surface area contributed by atoms with Crippen molar-refractivity contribution < 1.29 is 17.9 Å². The number of aryl methyl sites for hydroxylation is 2. The fraction of sp³-hybridized carbons (Fsp3) is 0.158. The Balaban J connectivity index is 1.88. The molecule has 0 fully saturated rings. The van der Waals surface area contributed by atoms with E-state index in [1.165, 1.54) is 16.8 Å². The van der Waals surface area contributed by atoms with E-state index in [-0.39, 0.29) is 10.6 Å². The zero-order valence-electron chi connectivity index (χ0n) is 15.1. The summed E-state index contributed by atoms with van der Waals surface area (Å²) in [7, 11) is -2.45. The number of nitrogens with zero attached hydrogens (tertiary/aromatic N) is 2. The van der Waals surface area contributed by atoms with Crippen molar-refractivity contribution in [2.45, 2.75) is 18.7 Å². The van der Waals surface area contributed by atoms with Crippen LogP contribution in [-0.4, -0.2) is 31.2 Å². The molecule has 0 aliphatic heterocycles. The standard InChI is InChI=1S/C19H19N3O4S/c1-13-8-9-17(26-3)16(12-13)22-11-10-15(20-22)19(23)21-27(24,25)18-7-5-4-6-14(18)2/h4-12H,1-3H3,(H,21,23). The fourth-order valence-electron chi connectivity index (χ4n) is 2.65. The van der Waals surface area contributed by atoms with E-state index in [0.29, 0.717) is 17.0 Å². The van der Waals surface area contributed by atoms with Crippen LogP contribution in [0.15, 0.2) is 59.6 Å². The predicted molar refractivity (Wildman–Crippen MR) is 101 cm³/mol. The highest BCUT2D eigenvalue weighted by Gasteiger charge is 2.22. The van der Waals surface area contributed by atoms with Crippen molar-refractivity contribution in [3.8, 4) is 11.4 Å². The number of benzene rings is 2. The summed E-state index contributed by atoms with van der Waals surface area (Å²) in [6.45, 7) is 3.59. The number of hydrogen-bond donors (Lipinski definition) is 1. The van der Waals surface area contributed by atoms with Gasteiger partial charge in [0.2, 0.25) is 0 Å². The zero-order chi connectivity index (χ0) is 19.6. The van der Waals surface area contributed by atoms with E-state index >= 15 is 0 Å². The number of sulfonamides is 1. The molecule has 140 valence electrons. The van der Waals surface area contributed by atoms with E-state index in [4.69, 9.17) is 4.74 Å². The molecule has 8 heteroatoms. The molecule has 1 amide bonds. The molecule has 0 saturated heterocycles. The summed E-state index contributed by atoms with van der Waals surface area (Å²) < 4.78 is 33.8. The molecule has 1 aromatic heterocycles. The smallest absolute Gasteiger partial charge is 0.285 e. The third-order valence-corrected chi connectivity index (χ3v) is 5.50.